The van der Waals surface area contributed by atoms with Crippen molar-refractivity contribution in [1.29, 1.82) is 0 Å². The first-order chi connectivity index (χ1) is 6.45. The average Bonchev–Trinajstić information content (AvgIpc) is 2.11. The smallest absolute Gasteiger partial charge is 0.414 e. The van der Waals surface area contributed by atoms with Gasteiger partial charge in [-0.3, -0.25) is 0 Å². The number of carbonyl (C=O) groups is 2. The Morgan fingerprint density at radius 1 is 1.13 bits per heavy atom. The summed E-state index contributed by atoms with van der Waals surface area (Å²) in [6.45, 7) is 3.95. The summed E-state index contributed by atoms with van der Waals surface area (Å²) >= 11 is 0. The third-order valence-electron chi connectivity index (χ3n) is 2.15. The Labute approximate surface area is 103 Å². The molecule has 0 heterocycles. The maximum atomic E-state index is 9.10. The van der Waals surface area contributed by atoms with Gasteiger partial charge in [-0.25, -0.2) is 9.59 Å². The Morgan fingerprint density at radius 3 is 1.73 bits per heavy atom. The van der Waals surface area contributed by atoms with Crippen LogP contribution in [0.3, 0.4) is 0 Å². The van der Waals surface area contributed by atoms with E-state index in [9.17, 15) is 0 Å². The number of aliphatic carboxylic acids is 2. The third-order valence-corrected chi connectivity index (χ3v) is 2.15. The third kappa shape index (κ3) is 8.45. The Kier molecular flexibility index (Phi) is 9.83. The number of hydrogen-bond donors (Lipinski definition) is 3. The Balaban J connectivity index is 0. The van der Waals surface area contributed by atoms with Gasteiger partial charge in [0.15, 0.2) is 0 Å². The first kappa shape index (κ1) is 16.9. The van der Waals surface area contributed by atoms with Crippen molar-refractivity contribution >= 4 is 11.9 Å². The van der Waals surface area contributed by atoms with Gasteiger partial charge < -0.3 is 15.9 Å². The molecule has 6 heteroatoms. The van der Waals surface area contributed by atoms with Gasteiger partial charge in [0.05, 0.1) is 6.92 Å². The monoisotopic (exact) mass is 397 g/mol. The molecular formula is C9H16NO4Pt+. The fourth-order valence-electron chi connectivity index (χ4n) is 1.24. The molecule has 1 rings (SSSR count). The number of carboxylic acid groups (broad SMARTS) is 2. The summed E-state index contributed by atoms with van der Waals surface area (Å²) in [6.07, 6.45) is 5.07. The molecule has 0 aliphatic heterocycles. The molecule has 2 atom stereocenters. The Bertz CT molecular complexity index is 188. The van der Waals surface area contributed by atoms with Crippen molar-refractivity contribution in [1.82, 2.24) is 0 Å². The summed E-state index contributed by atoms with van der Waals surface area (Å²) in [4.78, 5) is 18.2. The van der Waals surface area contributed by atoms with Crippen LogP contribution in [0.5, 0.6) is 0 Å². The van der Waals surface area contributed by atoms with Gasteiger partial charge in [-0.2, -0.15) is 0 Å². The van der Waals surface area contributed by atoms with Crippen LogP contribution in [-0.2, 0) is 30.7 Å². The maximum absolute atomic E-state index is 9.10. The van der Waals surface area contributed by atoms with E-state index in [4.69, 9.17) is 25.5 Å². The van der Waals surface area contributed by atoms with Gasteiger partial charge in [0, 0.05) is 27.1 Å². The largest absolute Gasteiger partial charge is 0.473 e. The minimum absolute atomic E-state index is 0. The summed E-state index contributed by atoms with van der Waals surface area (Å²) in [5, 5.41) is 14.8. The molecule has 1 saturated carbocycles. The molecule has 1 aliphatic rings. The zero-order chi connectivity index (χ0) is 11.1. The molecule has 15 heavy (non-hydrogen) atoms. The molecular weight excluding hydrogens is 381 g/mol. The standard InChI is InChI=1S/C7H14N.C2H2O4.Pt/c1-6-4-2-3-5-7(6)8;3-1(4)2(5)6;/h6-7H,1-5,8H2;(H,3,4)(H,5,6);/q+1;;/t6-,7?;;/m1../s1. The first-order valence-electron chi connectivity index (χ1n) is 4.50. The minimum atomic E-state index is -1.82. The molecule has 0 radical (unpaired) electrons. The molecule has 5 nitrogen and oxygen atoms in total. The van der Waals surface area contributed by atoms with Crippen molar-refractivity contribution in [2.45, 2.75) is 31.7 Å². The van der Waals surface area contributed by atoms with Crippen molar-refractivity contribution in [2.75, 3.05) is 0 Å². The normalized spacial score (nSPS) is 24.1. The quantitative estimate of drug-likeness (QED) is 0.408. The minimum Gasteiger partial charge on any atom is -0.473 e. The summed E-state index contributed by atoms with van der Waals surface area (Å²) in [5.41, 5.74) is 5.72. The van der Waals surface area contributed by atoms with Gasteiger partial charge in [0.2, 0.25) is 0 Å². The Hall–Kier alpha value is -0.542. The molecule has 1 aliphatic carbocycles. The van der Waals surface area contributed by atoms with Gasteiger partial charge in [-0.15, -0.1) is 0 Å². The van der Waals surface area contributed by atoms with Crippen LogP contribution < -0.4 is 5.73 Å². The molecule has 4 N–H and O–H groups in total. The molecule has 0 saturated heterocycles. The number of nitrogens with two attached hydrogens (primary N) is 1. The molecule has 0 bridgehead atoms. The second-order valence-corrected chi connectivity index (χ2v) is 3.32. The van der Waals surface area contributed by atoms with Gasteiger partial charge >= 0.3 is 11.9 Å². The predicted molar refractivity (Wildman–Crippen MR) is 50.6 cm³/mol. The van der Waals surface area contributed by atoms with Gasteiger partial charge in [-0.1, -0.05) is 6.42 Å². The van der Waals surface area contributed by atoms with Crippen LogP contribution >= 0.6 is 0 Å². The molecule has 0 spiro atoms. The zero-order valence-corrected chi connectivity index (χ0v) is 10.6. The van der Waals surface area contributed by atoms with Crippen LogP contribution in [0.1, 0.15) is 25.7 Å². The summed E-state index contributed by atoms with van der Waals surface area (Å²) in [7, 11) is 0. The van der Waals surface area contributed by atoms with Gasteiger partial charge in [-0.05, 0) is 19.3 Å². The second-order valence-electron chi connectivity index (χ2n) is 3.32. The van der Waals surface area contributed by atoms with E-state index in [1.165, 1.54) is 25.7 Å². The summed E-state index contributed by atoms with van der Waals surface area (Å²) < 4.78 is 0. The topological polar surface area (TPSA) is 101 Å². The van der Waals surface area contributed by atoms with Crippen LogP contribution in [0.15, 0.2) is 0 Å². The van der Waals surface area contributed by atoms with Crippen molar-refractivity contribution < 1.29 is 40.9 Å². The number of carboxylic acids is 2. The molecule has 0 aromatic rings. The van der Waals surface area contributed by atoms with E-state index in [0.29, 0.717) is 12.0 Å². The average molecular weight is 397 g/mol. The van der Waals surface area contributed by atoms with E-state index in [1.807, 2.05) is 0 Å². The fourth-order valence-corrected chi connectivity index (χ4v) is 1.24. The second kappa shape index (κ2) is 8.74. The number of rotatable bonds is 0. The van der Waals surface area contributed by atoms with E-state index in [-0.39, 0.29) is 21.1 Å². The molecule has 90 valence electrons. The predicted octanol–water partition coefficient (Wildman–Crippen LogP) is 0.491. The fraction of sp³-hybridized carbons (Fsp3) is 0.667. The van der Waals surface area contributed by atoms with Crippen LogP contribution in [0.2, 0.25) is 0 Å². The first-order valence-corrected chi connectivity index (χ1v) is 4.50. The molecule has 0 aromatic heterocycles. The zero-order valence-electron chi connectivity index (χ0n) is 8.29. The van der Waals surface area contributed by atoms with E-state index < -0.39 is 11.9 Å². The number of hydrogen-bond acceptors (Lipinski definition) is 3. The van der Waals surface area contributed by atoms with E-state index in [2.05, 4.69) is 6.92 Å². The van der Waals surface area contributed by atoms with E-state index >= 15 is 0 Å². The van der Waals surface area contributed by atoms with Crippen molar-refractivity contribution in [3.63, 3.8) is 0 Å². The van der Waals surface area contributed by atoms with Crippen LogP contribution in [0.25, 0.3) is 0 Å². The van der Waals surface area contributed by atoms with Crippen LogP contribution in [0.4, 0.5) is 0 Å². The molecule has 1 fully saturated rings. The van der Waals surface area contributed by atoms with Gasteiger partial charge in [0.25, 0.3) is 0 Å². The SMILES string of the molecule is O=C(O)C(=O)O.[CH2+][C@@H]1CCCCC1N.[Pt]. The van der Waals surface area contributed by atoms with E-state index in [1.54, 1.807) is 0 Å². The molecule has 0 amide bonds. The summed E-state index contributed by atoms with van der Waals surface area (Å²) in [6, 6.07) is 0.392. The van der Waals surface area contributed by atoms with Crippen molar-refractivity contribution in [3.8, 4) is 0 Å². The summed E-state index contributed by atoms with van der Waals surface area (Å²) in [5.74, 6) is -3.12. The Morgan fingerprint density at radius 2 is 1.53 bits per heavy atom. The van der Waals surface area contributed by atoms with E-state index in [0.717, 1.165) is 0 Å². The maximum Gasteiger partial charge on any atom is 0.414 e. The van der Waals surface area contributed by atoms with Crippen molar-refractivity contribution in [2.24, 2.45) is 11.7 Å². The molecule has 1 unspecified atom stereocenters. The van der Waals surface area contributed by atoms with Crippen LogP contribution in [-0.4, -0.2) is 28.2 Å². The van der Waals surface area contributed by atoms with Crippen molar-refractivity contribution in [3.05, 3.63) is 6.92 Å². The molecule has 0 aromatic carbocycles. The van der Waals surface area contributed by atoms with Gasteiger partial charge in [0.1, 0.15) is 5.92 Å². The van der Waals surface area contributed by atoms with Crippen LogP contribution in [0, 0.1) is 12.8 Å².